The van der Waals surface area contributed by atoms with Crippen molar-refractivity contribution in [1.29, 1.82) is 0 Å². The van der Waals surface area contributed by atoms with E-state index in [0.29, 0.717) is 0 Å². The molecule has 0 saturated carbocycles. The van der Waals surface area contributed by atoms with E-state index in [4.69, 9.17) is 0 Å². The van der Waals surface area contributed by atoms with Gasteiger partial charge in [-0.3, -0.25) is 29.8 Å². The van der Waals surface area contributed by atoms with Crippen molar-refractivity contribution >= 4 is 22.9 Å². The number of rotatable bonds is 2. The Morgan fingerprint density at radius 2 is 1.00 bits per heavy atom. The third-order valence-corrected chi connectivity index (χ3v) is 3.62. The summed E-state index contributed by atoms with van der Waals surface area (Å²) >= 11 is 0. The first kappa shape index (κ1) is 21.2. The number of phenols is 2. The van der Waals surface area contributed by atoms with Gasteiger partial charge in [-0.2, -0.15) is 0 Å². The number of aromatic hydroxyl groups is 2. The molecule has 1 aliphatic rings. The smallest absolute Gasteiger partial charge is 0.870 e. The predicted octanol–water partition coefficient (Wildman–Crippen LogP) is -1.48. The molecule has 0 radical (unpaired) electrons. The average molecular weight is 370 g/mol. The van der Waals surface area contributed by atoms with Crippen molar-refractivity contribution in [3.63, 3.8) is 0 Å². The van der Waals surface area contributed by atoms with Crippen molar-refractivity contribution in [2.75, 3.05) is 0 Å². The minimum Gasteiger partial charge on any atom is -0.870 e. The van der Waals surface area contributed by atoms with E-state index in [1.54, 1.807) is 0 Å². The Morgan fingerprint density at radius 3 is 1.31 bits per heavy atom. The fraction of sp³-hybridized carbons (Fsp3) is 0. The van der Waals surface area contributed by atoms with E-state index in [0.717, 1.165) is 24.3 Å². The number of phenolic OH excluding ortho intramolecular Hbond substituents is 2. The van der Waals surface area contributed by atoms with E-state index in [1.807, 2.05) is 0 Å². The number of hydrogen-bond donors (Lipinski definition) is 2. The van der Waals surface area contributed by atoms with Gasteiger partial charge < -0.3 is 15.7 Å². The Balaban J connectivity index is 0.00000169. The first-order valence-corrected chi connectivity index (χ1v) is 6.35. The molecule has 0 amide bonds. The molecule has 2 aromatic rings. The van der Waals surface area contributed by atoms with E-state index in [2.05, 4.69) is 0 Å². The standard InChI is InChI=1S/C14H6N2O8.Na.H2O/c17-7-3-1-5(15(21)22)9-11(7)14(20)12-8(18)4-2-6(16(23)24)10(12)13(9)19;;/h1-4,17-18H;;1H2/q;+1;/p-1. The molecular formula is C14H7N2NaO9. The summed E-state index contributed by atoms with van der Waals surface area (Å²) in [5.41, 5.74) is -4.37. The molecule has 0 aliphatic heterocycles. The number of carbonyl (C=O) groups is 2. The number of benzene rings is 2. The van der Waals surface area contributed by atoms with Crippen LogP contribution in [0.4, 0.5) is 11.4 Å². The van der Waals surface area contributed by atoms with Crippen LogP contribution in [0.25, 0.3) is 0 Å². The van der Waals surface area contributed by atoms with Crippen LogP contribution in [0.2, 0.25) is 0 Å². The molecule has 0 heterocycles. The minimum atomic E-state index is -1.19. The number of carbonyl (C=O) groups excluding carboxylic acids is 2. The van der Waals surface area contributed by atoms with Crippen molar-refractivity contribution in [1.82, 2.24) is 0 Å². The molecule has 0 saturated heterocycles. The van der Waals surface area contributed by atoms with Crippen LogP contribution in [-0.2, 0) is 0 Å². The molecule has 0 spiro atoms. The van der Waals surface area contributed by atoms with Crippen molar-refractivity contribution in [3.05, 3.63) is 66.7 Å². The fourth-order valence-corrected chi connectivity index (χ4v) is 2.64. The van der Waals surface area contributed by atoms with Crippen LogP contribution in [0.5, 0.6) is 11.5 Å². The summed E-state index contributed by atoms with van der Waals surface area (Å²) < 4.78 is 0. The first-order chi connectivity index (χ1) is 11.3. The molecule has 3 N–H and O–H groups in total. The van der Waals surface area contributed by atoms with Crippen molar-refractivity contribution in [2.45, 2.75) is 0 Å². The summed E-state index contributed by atoms with van der Waals surface area (Å²) in [7, 11) is 0. The molecule has 0 aromatic heterocycles. The Bertz CT molecular complexity index is 911. The number of ketones is 2. The van der Waals surface area contributed by atoms with Gasteiger partial charge in [0.1, 0.15) is 22.6 Å². The van der Waals surface area contributed by atoms with E-state index < -0.39 is 66.5 Å². The molecule has 26 heavy (non-hydrogen) atoms. The molecule has 128 valence electrons. The normalized spacial score (nSPS) is 11.5. The summed E-state index contributed by atoms with van der Waals surface area (Å²) in [4.78, 5) is 45.5. The molecule has 0 atom stereocenters. The summed E-state index contributed by atoms with van der Waals surface area (Å²) in [6, 6.07) is 3.36. The van der Waals surface area contributed by atoms with Gasteiger partial charge in [0.05, 0.1) is 21.0 Å². The van der Waals surface area contributed by atoms with Crippen LogP contribution in [0.3, 0.4) is 0 Å². The zero-order chi connectivity index (χ0) is 17.8. The van der Waals surface area contributed by atoms with E-state index >= 15 is 0 Å². The van der Waals surface area contributed by atoms with Crippen molar-refractivity contribution in [3.8, 4) is 11.5 Å². The third-order valence-electron chi connectivity index (χ3n) is 3.62. The second kappa shape index (κ2) is 7.17. The van der Waals surface area contributed by atoms with E-state index in [9.17, 15) is 40.0 Å². The number of nitro groups is 2. The second-order valence-corrected chi connectivity index (χ2v) is 4.88. The maximum Gasteiger partial charge on any atom is 1.00 e. The zero-order valence-corrected chi connectivity index (χ0v) is 15.0. The van der Waals surface area contributed by atoms with Crippen LogP contribution in [0.1, 0.15) is 31.8 Å². The zero-order valence-electron chi connectivity index (χ0n) is 13.0. The van der Waals surface area contributed by atoms with Gasteiger partial charge in [0.25, 0.3) is 11.4 Å². The number of nitro benzene ring substituents is 2. The van der Waals surface area contributed by atoms with Gasteiger partial charge >= 0.3 is 29.6 Å². The van der Waals surface area contributed by atoms with Gasteiger partial charge in [-0.25, -0.2) is 0 Å². The monoisotopic (exact) mass is 370 g/mol. The van der Waals surface area contributed by atoms with E-state index in [1.165, 1.54) is 0 Å². The Hall–Kier alpha value is -2.86. The van der Waals surface area contributed by atoms with Crippen molar-refractivity contribution in [2.24, 2.45) is 0 Å². The molecule has 1 aliphatic carbocycles. The number of fused-ring (bicyclic) bond motifs is 2. The molecule has 0 bridgehead atoms. The number of hydrogen-bond acceptors (Lipinski definition) is 9. The second-order valence-electron chi connectivity index (χ2n) is 4.88. The fourth-order valence-electron chi connectivity index (χ4n) is 2.64. The largest absolute Gasteiger partial charge is 1.00 e. The SMILES string of the molecule is O=C1c2c(O)ccc([N+](=O)[O-])c2C(=O)c2c([N+](=O)[O-])ccc(O)c21.[Na+].[OH-]. The van der Waals surface area contributed by atoms with Gasteiger partial charge in [-0.15, -0.1) is 0 Å². The minimum absolute atomic E-state index is 0. The topological polar surface area (TPSA) is 191 Å². The average Bonchev–Trinajstić information content (AvgIpc) is 2.51. The summed E-state index contributed by atoms with van der Waals surface area (Å²) in [5, 5.41) is 41.9. The van der Waals surface area contributed by atoms with Crippen LogP contribution in [0, 0.1) is 20.2 Å². The Labute approximate surface area is 165 Å². The Kier molecular flexibility index (Phi) is 5.84. The van der Waals surface area contributed by atoms with Crippen molar-refractivity contribution < 1.29 is 64.7 Å². The molecule has 0 fully saturated rings. The summed E-state index contributed by atoms with van der Waals surface area (Å²) in [5.74, 6) is -3.71. The quantitative estimate of drug-likeness (QED) is 0.307. The molecule has 2 aromatic carbocycles. The molecule has 11 nitrogen and oxygen atoms in total. The van der Waals surface area contributed by atoms with Gasteiger partial charge in [-0.05, 0) is 12.1 Å². The van der Waals surface area contributed by atoms with Gasteiger partial charge in [0.15, 0.2) is 0 Å². The number of nitrogens with zero attached hydrogens (tertiary/aromatic N) is 2. The van der Waals surface area contributed by atoms with Gasteiger partial charge in [0, 0.05) is 12.1 Å². The summed E-state index contributed by atoms with van der Waals surface area (Å²) in [6.07, 6.45) is 0. The maximum absolute atomic E-state index is 12.6. The maximum atomic E-state index is 12.6. The molecule has 3 rings (SSSR count). The summed E-state index contributed by atoms with van der Waals surface area (Å²) in [6.45, 7) is 0. The first-order valence-electron chi connectivity index (χ1n) is 6.35. The van der Waals surface area contributed by atoms with Gasteiger partial charge in [-0.1, -0.05) is 0 Å². The van der Waals surface area contributed by atoms with Crippen LogP contribution in [0.15, 0.2) is 24.3 Å². The predicted molar refractivity (Wildman–Crippen MR) is 78.3 cm³/mol. The molecule has 12 heteroatoms. The van der Waals surface area contributed by atoms with Gasteiger partial charge in [0.2, 0.25) is 11.6 Å². The van der Waals surface area contributed by atoms with Crippen LogP contribution < -0.4 is 29.6 Å². The molecule has 0 unspecified atom stereocenters. The van der Waals surface area contributed by atoms with E-state index in [-0.39, 0.29) is 35.0 Å². The third kappa shape index (κ3) is 2.82. The van der Waals surface area contributed by atoms with Crippen LogP contribution in [-0.4, -0.2) is 37.1 Å². The molecular weight excluding hydrogens is 363 g/mol. The van der Waals surface area contributed by atoms with Crippen LogP contribution >= 0.6 is 0 Å². The Morgan fingerprint density at radius 1 is 0.692 bits per heavy atom.